The molecule has 3 rings (SSSR count). The summed E-state index contributed by atoms with van der Waals surface area (Å²) in [6.07, 6.45) is 0. The van der Waals surface area contributed by atoms with Gasteiger partial charge < -0.3 is 5.32 Å². The Balaban J connectivity index is 1.81. The molecule has 0 aliphatic heterocycles. The summed E-state index contributed by atoms with van der Waals surface area (Å²) in [5, 5.41) is 7.67. The molecule has 3 aromatic rings. The highest BCUT2D eigenvalue weighted by molar-refractivity contribution is 6.05. The van der Waals surface area contributed by atoms with Crippen LogP contribution in [0.2, 0.25) is 0 Å². The van der Waals surface area contributed by atoms with Crippen LogP contribution < -0.4 is 10.6 Å². The largest absolute Gasteiger partial charge is 0.324 e. The van der Waals surface area contributed by atoms with Crippen LogP contribution in [0.5, 0.6) is 0 Å². The van der Waals surface area contributed by atoms with Crippen molar-refractivity contribution in [2.75, 3.05) is 10.6 Å². The third kappa shape index (κ3) is 3.03. The summed E-state index contributed by atoms with van der Waals surface area (Å²) in [7, 11) is 0. The topological polar surface area (TPSA) is 66.9 Å². The number of nitrogens with one attached hydrogen (secondary N) is 2. The van der Waals surface area contributed by atoms with Gasteiger partial charge in [0, 0.05) is 17.1 Å². The van der Waals surface area contributed by atoms with Crippen LogP contribution in [0.15, 0.2) is 48.5 Å². The van der Waals surface area contributed by atoms with E-state index in [-0.39, 0.29) is 6.03 Å². The summed E-state index contributed by atoms with van der Waals surface area (Å²) < 4.78 is 0. The molecule has 1 heterocycles. The fraction of sp³-hybridized carbons (Fsp3) is 0.118. The predicted octanol–water partition coefficient (Wildman–Crippen LogP) is 3.89. The van der Waals surface area contributed by atoms with E-state index in [0.29, 0.717) is 11.6 Å². The second-order valence-electron chi connectivity index (χ2n) is 5.05. The van der Waals surface area contributed by atoms with Gasteiger partial charge in [-0.3, -0.25) is 5.32 Å². The first-order valence-corrected chi connectivity index (χ1v) is 7.00. The van der Waals surface area contributed by atoms with Crippen molar-refractivity contribution in [3.63, 3.8) is 0 Å². The van der Waals surface area contributed by atoms with Crippen LogP contribution in [0.25, 0.3) is 10.8 Å². The minimum atomic E-state index is -0.325. The van der Waals surface area contributed by atoms with Crippen molar-refractivity contribution in [2.24, 2.45) is 0 Å². The summed E-state index contributed by atoms with van der Waals surface area (Å²) >= 11 is 0. The highest BCUT2D eigenvalue weighted by atomic mass is 16.2. The number of urea groups is 1. The van der Waals surface area contributed by atoms with E-state index in [4.69, 9.17) is 0 Å². The maximum atomic E-state index is 12.2. The Labute approximate surface area is 128 Å². The maximum absolute atomic E-state index is 12.2. The molecular weight excluding hydrogens is 276 g/mol. The molecule has 2 amide bonds. The maximum Gasteiger partial charge on any atom is 0.324 e. The molecule has 2 N–H and O–H groups in total. The van der Waals surface area contributed by atoms with E-state index >= 15 is 0 Å². The number of rotatable bonds is 2. The van der Waals surface area contributed by atoms with Crippen LogP contribution in [-0.4, -0.2) is 16.0 Å². The van der Waals surface area contributed by atoms with Gasteiger partial charge in [0.1, 0.15) is 11.6 Å². The van der Waals surface area contributed by atoms with Gasteiger partial charge in [0.15, 0.2) is 0 Å². The zero-order valence-corrected chi connectivity index (χ0v) is 12.4. The van der Waals surface area contributed by atoms with Gasteiger partial charge in [0.2, 0.25) is 0 Å². The zero-order chi connectivity index (χ0) is 15.5. The summed E-state index contributed by atoms with van der Waals surface area (Å²) in [4.78, 5) is 20.5. The second-order valence-corrected chi connectivity index (χ2v) is 5.05. The number of aromatic nitrogens is 2. The summed E-state index contributed by atoms with van der Waals surface area (Å²) in [5.74, 6) is 1.11. The minimum absolute atomic E-state index is 0.325. The second kappa shape index (κ2) is 5.81. The van der Waals surface area contributed by atoms with Crippen molar-refractivity contribution < 1.29 is 4.79 Å². The number of amides is 2. The fourth-order valence-electron chi connectivity index (χ4n) is 2.39. The number of benzene rings is 2. The quantitative estimate of drug-likeness (QED) is 0.753. The molecule has 0 aliphatic rings. The Morgan fingerprint density at radius 3 is 2.55 bits per heavy atom. The van der Waals surface area contributed by atoms with Gasteiger partial charge in [-0.2, -0.15) is 0 Å². The van der Waals surface area contributed by atoms with Crippen molar-refractivity contribution >= 4 is 28.3 Å². The van der Waals surface area contributed by atoms with Gasteiger partial charge in [-0.15, -0.1) is 0 Å². The SMILES string of the molecule is Cc1cc(NC(=O)Nc2cccc3ccccc23)nc(C)n1. The lowest BCUT2D eigenvalue weighted by atomic mass is 10.1. The molecule has 0 spiro atoms. The van der Waals surface area contributed by atoms with Gasteiger partial charge in [-0.05, 0) is 25.3 Å². The van der Waals surface area contributed by atoms with E-state index in [9.17, 15) is 4.79 Å². The van der Waals surface area contributed by atoms with E-state index in [0.717, 1.165) is 22.2 Å². The van der Waals surface area contributed by atoms with E-state index in [1.54, 1.807) is 13.0 Å². The summed E-state index contributed by atoms with van der Waals surface area (Å²) in [5.41, 5.74) is 1.58. The first kappa shape index (κ1) is 14.0. The van der Waals surface area contributed by atoms with Crippen molar-refractivity contribution in [2.45, 2.75) is 13.8 Å². The number of fused-ring (bicyclic) bond motifs is 1. The van der Waals surface area contributed by atoms with Crippen LogP contribution in [0.4, 0.5) is 16.3 Å². The molecule has 0 atom stereocenters. The van der Waals surface area contributed by atoms with E-state index in [1.807, 2.05) is 49.4 Å². The Bertz CT molecular complexity index is 819. The van der Waals surface area contributed by atoms with Crippen LogP contribution >= 0.6 is 0 Å². The Morgan fingerprint density at radius 1 is 0.955 bits per heavy atom. The van der Waals surface area contributed by atoms with Crippen molar-refractivity contribution in [1.29, 1.82) is 0 Å². The third-order valence-corrected chi connectivity index (χ3v) is 3.25. The van der Waals surface area contributed by atoms with Gasteiger partial charge in [-0.1, -0.05) is 36.4 Å². The molecule has 22 heavy (non-hydrogen) atoms. The average Bonchev–Trinajstić information content (AvgIpc) is 2.46. The fourth-order valence-corrected chi connectivity index (χ4v) is 2.39. The number of hydrogen-bond donors (Lipinski definition) is 2. The molecule has 2 aromatic carbocycles. The van der Waals surface area contributed by atoms with E-state index in [1.165, 1.54) is 0 Å². The number of hydrogen-bond acceptors (Lipinski definition) is 3. The highest BCUT2D eigenvalue weighted by Crippen LogP contribution is 2.23. The standard InChI is InChI=1S/C17H16N4O/c1-11-10-16(19-12(2)18-11)21-17(22)20-15-9-5-7-13-6-3-4-8-14(13)15/h3-10H,1-2H3,(H2,18,19,20,21,22). The van der Waals surface area contributed by atoms with Crippen molar-refractivity contribution in [3.05, 3.63) is 60.0 Å². The van der Waals surface area contributed by atoms with Gasteiger partial charge in [0.05, 0.1) is 5.69 Å². The normalized spacial score (nSPS) is 10.5. The predicted molar refractivity (Wildman–Crippen MR) is 88.1 cm³/mol. The van der Waals surface area contributed by atoms with E-state index in [2.05, 4.69) is 20.6 Å². The molecule has 0 saturated carbocycles. The average molecular weight is 292 g/mol. The molecule has 0 aliphatic carbocycles. The number of aryl methyl sites for hydroxylation is 2. The van der Waals surface area contributed by atoms with Crippen molar-refractivity contribution in [1.82, 2.24) is 9.97 Å². The molecule has 5 nitrogen and oxygen atoms in total. The molecule has 0 fully saturated rings. The number of carbonyl (C=O) groups is 1. The molecule has 0 bridgehead atoms. The van der Waals surface area contributed by atoms with Crippen LogP contribution in [0, 0.1) is 13.8 Å². The Kier molecular flexibility index (Phi) is 3.70. The molecule has 0 radical (unpaired) electrons. The van der Waals surface area contributed by atoms with Crippen LogP contribution in [0.3, 0.4) is 0 Å². The lowest BCUT2D eigenvalue weighted by Crippen LogP contribution is -2.20. The number of nitrogens with zero attached hydrogens (tertiary/aromatic N) is 2. The molecule has 5 heteroatoms. The van der Waals surface area contributed by atoms with Gasteiger partial charge >= 0.3 is 6.03 Å². The molecule has 0 saturated heterocycles. The third-order valence-electron chi connectivity index (χ3n) is 3.25. The minimum Gasteiger partial charge on any atom is -0.307 e. The first-order chi connectivity index (χ1) is 10.6. The molecule has 0 unspecified atom stereocenters. The highest BCUT2D eigenvalue weighted by Gasteiger charge is 2.07. The zero-order valence-electron chi connectivity index (χ0n) is 12.4. The summed E-state index contributed by atoms with van der Waals surface area (Å²) in [6, 6.07) is 15.1. The Morgan fingerprint density at radius 2 is 1.73 bits per heavy atom. The van der Waals surface area contributed by atoms with Crippen LogP contribution in [0.1, 0.15) is 11.5 Å². The van der Waals surface area contributed by atoms with Crippen LogP contribution in [-0.2, 0) is 0 Å². The lowest BCUT2D eigenvalue weighted by molar-refractivity contribution is 0.262. The molecular formula is C17H16N4O. The monoisotopic (exact) mass is 292 g/mol. The van der Waals surface area contributed by atoms with Gasteiger partial charge in [-0.25, -0.2) is 14.8 Å². The molecule has 1 aromatic heterocycles. The van der Waals surface area contributed by atoms with Crippen molar-refractivity contribution in [3.8, 4) is 0 Å². The number of anilines is 2. The Hall–Kier alpha value is -2.95. The number of carbonyl (C=O) groups excluding carboxylic acids is 1. The van der Waals surface area contributed by atoms with Gasteiger partial charge in [0.25, 0.3) is 0 Å². The van der Waals surface area contributed by atoms with E-state index < -0.39 is 0 Å². The smallest absolute Gasteiger partial charge is 0.307 e. The first-order valence-electron chi connectivity index (χ1n) is 7.00. The lowest BCUT2D eigenvalue weighted by Gasteiger charge is -2.10. The summed E-state index contributed by atoms with van der Waals surface area (Å²) in [6.45, 7) is 3.66. The molecule has 110 valence electrons.